The van der Waals surface area contributed by atoms with E-state index >= 15 is 0 Å². The second-order valence-corrected chi connectivity index (χ2v) is 5.04. The molecule has 17 heavy (non-hydrogen) atoms. The van der Waals surface area contributed by atoms with E-state index in [9.17, 15) is 13.2 Å². The SMILES string of the molecule is CC(F)(F)C1(c2cccc(F)c2)CCCCC1. The van der Waals surface area contributed by atoms with Gasteiger partial charge in [0, 0.05) is 6.92 Å². The number of rotatable bonds is 2. The van der Waals surface area contributed by atoms with Crippen molar-refractivity contribution in [3.8, 4) is 0 Å². The minimum absolute atomic E-state index is 0.434. The molecular formula is C14H17F3. The van der Waals surface area contributed by atoms with Crippen LogP contribution in [0, 0.1) is 5.82 Å². The second kappa shape index (κ2) is 4.35. The Bertz CT molecular complexity index is 387. The van der Waals surface area contributed by atoms with Crippen LogP contribution in [0.2, 0.25) is 0 Å². The van der Waals surface area contributed by atoms with Crippen molar-refractivity contribution in [2.45, 2.75) is 50.4 Å². The molecule has 0 atom stereocenters. The fraction of sp³-hybridized carbons (Fsp3) is 0.571. The Kier molecular flexibility index (Phi) is 3.19. The molecule has 0 bridgehead atoms. The molecule has 1 saturated carbocycles. The largest absolute Gasteiger partial charge is 0.254 e. The summed E-state index contributed by atoms with van der Waals surface area (Å²) in [5.41, 5.74) is -0.724. The number of benzene rings is 1. The zero-order chi connectivity index (χ0) is 12.5. The molecule has 94 valence electrons. The Morgan fingerprint density at radius 1 is 1.12 bits per heavy atom. The van der Waals surface area contributed by atoms with Crippen molar-refractivity contribution in [1.82, 2.24) is 0 Å². The lowest BCUT2D eigenvalue weighted by molar-refractivity contribution is -0.0778. The van der Waals surface area contributed by atoms with E-state index in [-0.39, 0.29) is 0 Å². The number of hydrogen-bond acceptors (Lipinski definition) is 0. The molecule has 0 nitrogen and oxygen atoms in total. The Balaban J connectivity index is 2.46. The van der Waals surface area contributed by atoms with Crippen LogP contribution in [0.15, 0.2) is 24.3 Å². The highest BCUT2D eigenvalue weighted by Crippen LogP contribution is 2.49. The predicted octanol–water partition coefficient (Wildman–Crippen LogP) is 4.68. The first kappa shape index (κ1) is 12.5. The molecule has 0 aliphatic heterocycles. The third-order valence-corrected chi connectivity index (χ3v) is 3.92. The van der Waals surface area contributed by atoms with Crippen LogP contribution in [0.4, 0.5) is 13.2 Å². The van der Waals surface area contributed by atoms with Crippen molar-refractivity contribution in [3.63, 3.8) is 0 Å². The third-order valence-electron chi connectivity index (χ3n) is 3.92. The summed E-state index contributed by atoms with van der Waals surface area (Å²) in [5.74, 6) is -3.24. The van der Waals surface area contributed by atoms with Gasteiger partial charge in [-0.1, -0.05) is 31.4 Å². The van der Waals surface area contributed by atoms with Crippen molar-refractivity contribution < 1.29 is 13.2 Å². The van der Waals surface area contributed by atoms with Gasteiger partial charge in [-0.3, -0.25) is 0 Å². The van der Waals surface area contributed by atoms with Crippen molar-refractivity contribution in [3.05, 3.63) is 35.6 Å². The van der Waals surface area contributed by atoms with Gasteiger partial charge in [0.25, 0.3) is 5.92 Å². The van der Waals surface area contributed by atoms with E-state index in [2.05, 4.69) is 0 Å². The highest BCUT2D eigenvalue weighted by molar-refractivity contribution is 5.29. The molecule has 3 heteroatoms. The Morgan fingerprint density at radius 3 is 2.29 bits per heavy atom. The van der Waals surface area contributed by atoms with Crippen LogP contribution in [0.1, 0.15) is 44.6 Å². The van der Waals surface area contributed by atoms with E-state index in [0.29, 0.717) is 18.4 Å². The molecule has 0 unspecified atom stereocenters. The fourth-order valence-electron chi connectivity index (χ4n) is 2.92. The van der Waals surface area contributed by atoms with Crippen LogP contribution >= 0.6 is 0 Å². The van der Waals surface area contributed by atoms with Gasteiger partial charge < -0.3 is 0 Å². The Labute approximate surface area is 99.8 Å². The molecule has 0 aromatic heterocycles. The summed E-state index contributed by atoms with van der Waals surface area (Å²) in [6.45, 7) is 0.962. The fourth-order valence-corrected chi connectivity index (χ4v) is 2.92. The molecule has 2 rings (SSSR count). The van der Waals surface area contributed by atoms with E-state index in [1.165, 1.54) is 18.2 Å². The van der Waals surface area contributed by atoms with Gasteiger partial charge in [0.1, 0.15) is 5.82 Å². The van der Waals surface area contributed by atoms with Gasteiger partial charge in [-0.25, -0.2) is 13.2 Å². The molecule has 1 fully saturated rings. The van der Waals surface area contributed by atoms with Gasteiger partial charge in [0.2, 0.25) is 0 Å². The lowest BCUT2D eigenvalue weighted by Gasteiger charge is -2.42. The lowest BCUT2D eigenvalue weighted by atomic mass is 9.66. The summed E-state index contributed by atoms with van der Waals surface area (Å²) >= 11 is 0. The van der Waals surface area contributed by atoms with Gasteiger partial charge in [-0.05, 0) is 30.5 Å². The Hall–Kier alpha value is -0.990. The molecular weight excluding hydrogens is 225 g/mol. The summed E-state index contributed by atoms with van der Waals surface area (Å²) < 4.78 is 41.2. The smallest absolute Gasteiger partial charge is 0.207 e. The maximum atomic E-state index is 14.0. The molecule has 1 aliphatic carbocycles. The zero-order valence-corrected chi connectivity index (χ0v) is 9.98. The number of hydrogen-bond donors (Lipinski definition) is 0. The molecule has 0 heterocycles. The van der Waals surface area contributed by atoms with Gasteiger partial charge in [-0.15, -0.1) is 0 Å². The standard InChI is InChI=1S/C14H17F3/c1-13(16,17)14(8-3-2-4-9-14)11-6-5-7-12(15)10-11/h5-7,10H,2-4,8-9H2,1H3. The normalized spacial score (nSPS) is 20.2. The monoisotopic (exact) mass is 242 g/mol. The first-order valence-electron chi connectivity index (χ1n) is 6.10. The van der Waals surface area contributed by atoms with E-state index in [1.54, 1.807) is 6.07 Å². The second-order valence-electron chi connectivity index (χ2n) is 5.04. The van der Waals surface area contributed by atoms with Crippen molar-refractivity contribution >= 4 is 0 Å². The zero-order valence-electron chi connectivity index (χ0n) is 9.98. The summed E-state index contributed by atoms with van der Waals surface area (Å²) in [6.07, 6.45) is 3.47. The van der Waals surface area contributed by atoms with Crippen LogP contribution < -0.4 is 0 Å². The molecule has 0 N–H and O–H groups in total. The predicted molar refractivity (Wildman–Crippen MR) is 61.8 cm³/mol. The maximum Gasteiger partial charge on any atom is 0.254 e. The molecule has 0 radical (unpaired) electrons. The van der Waals surface area contributed by atoms with Gasteiger partial charge in [0.15, 0.2) is 0 Å². The highest BCUT2D eigenvalue weighted by atomic mass is 19.3. The van der Waals surface area contributed by atoms with E-state index in [0.717, 1.165) is 26.2 Å². The average molecular weight is 242 g/mol. The summed E-state index contributed by atoms with van der Waals surface area (Å²) in [7, 11) is 0. The van der Waals surface area contributed by atoms with E-state index in [1.807, 2.05) is 0 Å². The first-order chi connectivity index (χ1) is 7.96. The summed E-state index contributed by atoms with van der Waals surface area (Å²) in [5, 5.41) is 0. The molecule has 1 aromatic rings. The molecule has 0 saturated heterocycles. The van der Waals surface area contributed by atoms with Crippen LogP contribution in [-0.4, -0.2) is 5.92 Å². The van der Waals surface area contributed by atoms with Gasteiger partial charge in [0.05, 0.1) is 5.41 Å². The van der Waals surface area contributed by atoms with Crippen molar-refractivity contribution in [1.29, 1.82) is 0 Å². The topological polar surface area (TPSA) is 0 Å². The van der Waals surface area contributed by atoms with Crippen molar-refractivity contribution in [2.24, 2.45) is 0 Å². The molecule has 1 aliphatic rings. The van der Waals surface area contributed by atoms with Crippen LogP contribution in [0.5, 0.6) is 0 Å². The summed E-state index contributed by atoms with van der Waals surface area (Å²) in [6, 6.07) is 5.72. The van der Waals surface area contributed by atoms with E-state index < -0.39 is 17.2 Å². The number of alkyl halides is 2. The average Bonchev–Trinajstić information content (AvgIpc) is 2.28. The molecule has 0 amide bonds. The molecule has 0 spiro atoms. The maximum absolute atomic E-state index is 14.0. The number of halogens is 3. The third kappa shape index (κ3) is 2.20. The molecule has 1 aromatic carbocycles. The minimum Gasteiger partial charge on any atom is -0.207 e. The quantitative estimate of drug-likeness (QED) is 0.706. The van der Waals surface area contributed by atoms with Gasteiger partial charge in [-0.2, -0.15) is 0 Å². The van der Waals surface area contributed by atoms with Gasteiger partial charge >= 0.3 is 0 Å². The van der Waals surface area contributed by atoms with Crippen molar-refractivity contribution in [2.75, 3.05) is 0 Å². The Morgan fingerprint density at radius 2 is 1.76 bits per heavy atom. The van der Waals surface area contributed by atoms with E-state index in [4.69, 9.17) is 0 Å². The summed E-state index contributed by atoms with van der Waals surface area (Å²) in [4.78, 5) is 0. The minimum atomic E-state index is -2.80. The lowest BCUT2D eigenvalue weighted by Crippen LogP contribution is -2.44. The first-order valence-corrected chi connectivity index (χ1v) is 6.10. The van der Waals surface area contributed by atoms with Crippen LogP contribution in [0.25, 0.3) is 0 Å². The van der Waals surface area contributed by atoms with Crippen LogP contribution in [0.3, 0.4) is 0 Å². The highest BCUT2D eigenvalue weighted by Gasteiger charge is 2.51. The van der Waals surface area contributed by atoms with Crippen LogP contribution in [-0.2, 0) is 5.41 Å².